The largest absolute Gasteiger partial charge is 0.335 e. The van der Waals surface area contributed by atoms with Crippen molar-refractivity contribution < 1.29 is 4.79 Å². The molecule has 2 rings (SSSR count). The van der Waals surface area contributed by atoms with E-state index >= 15 is 0 Å². The van der Waals surface area contributed by atoms with Crippen LogP contribution in [-0.4, -0.2) is 47.4 Å². The molecule has 1 heterocycles. The molecule has 0 aromatic heterocycles. The standard InChI is InChI=1S/C19H31N3O.ClH/c1-15(2)22(12-16-8-6-5-7-9-16)18(23)13-21-11-10-17(20)19(3,4)14-21;/h5-9,15,17H,10-14,20H2,1-4H3;1H. The Kier molecular flexibility index (Phi) is 7.71. The van der Waals surface area contributed by atoms with E-state index in [1.54, 1.807) is 0 Å². The minimum Gasteiger partial charge on any atom is -0.335 e. The number of halogens is 1. The Morgan fingerprint density at radius 3 is 2.50 bits per heavy atom. The van der Waals surface area contributed by atoms with Crippen LogP contribution in [0.2, 0.25) is 0 Å². The van der Waals surface area contributed by atoms with Crippen molar-refractivity contribution >= 4 is 18.3 Å². The fourth-order valence-electron chi connectivity index (χ4n) is 3.24. The number of nitrogens with zero attached hydrogens (tertiary/aromatic N) is 2. The first kappa shape index (κ1) is 20.9. The van der Waals surface area contributed by atoms with Crippen molar-refractivity contribution in [2.24, 2.45) is 11.1 Å². The number of rotatable bonds is 5. The van der Waals surface area contributed by atoms with Gasteiger partial charge in [-0.05, 0) is 31.2 Å². The summed E-state index contributed by atoms with van der Waals surface area (Å²) in [6, 6.07) is 10.6. The molecule has 5 heteroatoms. The fraction of sp³-hybridized carbons (Fsp3) is 0.632. The van der Waals surface area contributed by atoms with Crippen LogP contribution in [0, 0.1) is 5.41 Å². The molecule has 1 unspecified atom stereocenters. The van der Waals surface area contributed by atoms with Crippen LogP contribution in [0.25, 0.3) is 0 Å². The van der Waals surface area contributed by atoms with E-state index < -0.39 is 0 Å². The second-order valence-electron chi connectivity index (χ2n) is 7.70. The number of nitrogens with two attached hydrogens (primary N) is 1. The van der Waals surface area contributed by atoms with Gasteiger partial charge in [0.1, 0.15) is 0 Å². The maximum Gasteiger partial charge on any atom is 0.237 e. The lowest BCUT2D eigenvalue weighted by Crippen LogP contribution is -2.54. The first-order chi connectivity index (χ1) is 10.8. The van der Waals surface area contributed by atoms with E-state index in [-0.39, 0.29) is 35.8 Å². The van der Waals surface area contributed by atoms with Gasteiger partial charge in [-0.25, -0.2) is 0 Å². The highest BCUT2D eigenvalue weighted by molar-refractivity contribution is 5.85. The summed E-state index contributed by atoms with van der Waals surface area (Å²) in [6.07, 6.45) is 0.959. The van der Waals surface area contributed by atoms with Gasteiger partial charge < -0.3 is 10.6 Å². The van der Waals surface area contributed by atoms with E-state index in [1.807, 2.05) is 23.1 Å². The van der Waals surface area contributed by atoms with Crippen LogP contribution in [0.5, 0.6) is 0 Å². The zero-order valence-corrected chi connectivity index (χ0v) is 16.2. The molecule has 136 valence electrons. The van der Waals surface area contributed by atoms with Crippen molar-refractivity contribution in [2.75, 3.05) is 19.6 Å². The topological polar surface area (TPSA) is 49.6 Å². The summed E-state index contributed by atoms with van der Waals surface area (Å²) in [5.74, 6) is 0.204. The van der Waals surface area contributed by atoms with E-state index in [1.165, 1.54) is 5.56 Å². The highest BCUT2D eigenvalue weighted by Crippen LogP contribution is 2.27. The smallest absolute Gasteiger partial charge is 0.237 e. The summed E-state index contributed by atoms with van der Waals surface area (Å²) in [6.45, 7) is 11.5. The van der Waals surface area contributed by atoms with Gasteiger partial charge in [-0.1, -0.05) is 44.2 Å². The van der Waals surface area contributed by atoms with Crippen molar-refractivity contribution in [1.29, 1.82) is 0 Å². The molecular weight excluding hydrogens is 322 g/mol. The molecule has 1 fully saturated rings. The molecule has 1 aliphatic heterocycles. The minimum absolute atomic E-state index is 0. The Morgan fingerprint density at radius 2 is 1.96 bits per heavy atom. The quantitative estimate of drug-likeness (QED) is 0.885. The lowest BCUT2D eigenvalue weighted by Gasteiger charge is -2.43. The number of hydrogen-bond acceptors (Lipinski definition) is 3. The number of piperidine rings is 1. The molecule has 2 N–H and O–H groups in total. The Labute approximate surface area is 152 Å². The maximum absolute atomic E-state index is 12.8. The highest BCUT2D eigenvalue weighted by atomic mass is 35.5. The molecule has 1 atom stereocenters. The zero-order chi connectivity index (χ0) is 17.0. The average molecular weight is 354 g/mol. The molecule has 0 bridgehead atoms. The molecule has 1 aliphatic rings. The van der Waals surface area contributed by atoms with Crippen LogP contribution in [0.1, 0.15) is 39.7 Å². The Balaban J connectivity index is 0.00000288. The number of carbonyl (C=O) groups is 1. The second-order valence-corrected chi connectivity index (χ2v) is 7.70. The third-order valence-corrected chi connectivity index (χ3v) is 4.89. The van der Waals surface area contributed by atoms with Gasteiger partial charge in [-0.2, -0.15) is 0 Å². The molecule has 1 aromatic rings. The SMILES string of the molecule is CC(C)N(Cc1ccccc1)C(=O)CN1CCC(N)C(C)(C)C1.Cl. The lowest BCUT2D eigenvalue weighted by atomic mass is 9.80. The molecule has 1 aromatic carbocycles. The first-order valence-electron chi connectivity index (χ1n) is 8.61. The predicted molar refractivity (Wildman–Crippen MR) is 102 cm³/mol. The van der Waals surface area contributed by atoms with Crippen molar-refractivity contribution in [1.82, 2.24) is 9.80 Å². The summed E-state index contributed by atoms with van der Waals surface area (Å²) < 4.78 is 0. The fourth-order valence-corrected chi connectivity index (χ4v) is 3.24. The number of benzene rings is 1. The first-order valence-corrected chi connectivity index (χ1v) is 8.61. The Morgan fingerprint density at radius 1 is 1.33 bits per heavy atom. The second kappa shape index (κ2) is 8.84. The molecule has 1 amide bonds. The van der Waals surface area contributed by atoms with Gasteiger partial charge in [-0.15, -0.1) is 12.4 Å². The van der Waals surface area contributed by atoms with Crippen molar-refractivity contribution in [3.8, 4) is 0 Å². The van der Waals surface area contributed by atoms with Gasteiger partial charge in [0, 0.05) is 31.7 Å². The predicted octanol–water partition coefficient (Wildman–Crippen LogP) is 2.90. The van der Waals surface area contributed by atoms with Crippen LogP contribution in [0.15, 0.2) is 30.3 Å². The molecule has 0 saturated carbocycles. The highest BCUT2D eigenvalue weighted by Gasteiger charge is 2.34. The molecule has 0 aliphatic carbocycles. The van der Waals surface area contributed by atoms with Crippen LogP contribution in [0.3, 0.4) is 0 Å². The number of hydrogen-bond donors (Lipinski definition) is 1. The maximum atomic E-state index is 12.8. The van der Waals surface area contributed by atoms with Crippen LogP contribution in [0.4, 0.5) is 0 Å². The molecule has 4 nitrogen and oxygen atoms in total. The number of likely N-dealkylation sites (tertiary alicyclic amines) is 1. The summed E-state index contributed by atoms with van der Waals surface area (Å²) >= 11 is 0. The van der Waals surface area contributed by atoms with E-state index in [4.69, 9.17) is 5.73 Å². The van der Waals surface area contributed by atoms with Gasteiger partial charge in [0.25, 0.3) is 0 Å². The average Bonchev–Trinajstić information content (AvgIpc) is 2.49. The Hall–Kier alpha value is -1.10. The van der Waals surface area contributed by atoms with Crippen LogP contribution < -0.4 is 5.73 Å². The van der Waals surface area contributed by atoms with E-state index in [9.17, 15) is 4.79 Å². The third kappa shape index (κ3) is 5.47. The van der Waals surface area contributed by atoms with E-state index in [0.717, 1.165) is 19.5 Å². The van der Waals surface area contributed by atoms with Gasteiger partial charge >= 0.3 is 0 Å². The van der Waals surface area contributed by atoms with E-state index in [0.29, 0.717) is 13.1 Å². The summed E-state index contributed by atoms with van der Waals surface area (Å²) in [7, 11) is 0. The van der Waals surface area contributed by atoms with Gasteiger partial charge in [0.15, 0.2) is 0 Å². The molecule has 24 heavy (non-hydrogen) atoms. The summed E-state index contributed by atoms with van der Waals surface area (Å²) in [4.78, 5) is 17.0. The minimum atomic E-state index is 0. The zero-order valence-electron chi connectivity index (χ0n) is 15.4. The molecule has 0 spiro atoms. The van der Waals surface area contributed by atoms with Gasteiger partial charge in [-0.3, -0.25) is 9.69 Å². The number of amides is 1. The van der Waals surface area contributed by atoms with Crippen molar-refractivity contribution in [2.45, 2.75) is 52.7 Å². The monoisotopic (exact) mass is 353 g/mol. The normalized spacial score (nSPS) is 20.5. The summed E-state index contributed by atoms with van der Waals surface area (Å²) in [5.41, 5.74) is 7.44. The third-order valence-electron chi connectivity index (χ3n) is 4.89. The lowest BCUT2D eigenvalue weighted by molar-refractivity contribution is -0.135. The van der Waals surface area contributed by atoms with Crippen LogP contribution in [-0.2, 0) is 11.3 Å². The van der Waals surface area contributed by atoms with Gasteiger partial charge in [0.05, 0.1) is 6.54 Å². The van der Waals surface area contributed by atoms with E-state index in [2.05, 4.69) is 44.7 Å². The Bertz CT molecular complexity index is 519. The molecule has 1 saturated heterocycles. The molecular formula is C19H32ClN3O. The van der Waals surface area contributed by atoms with Crippen LogP contribution >= 0.6 is 12.4 Å². The number of carbonyl (C=O) groups excluding carboxylic acids is 1. The molecule has 0 radical (unpaired) electrons. The van der Waals surface area contributed by atoms with Crippen molar-refractivity contribution in [3.05, 3.63) is 35.9 Å². The van der Waals surface area contributed by atoms with Crippen molar-refractivity contribution in [3.63, 3.8) is 0 Å². The summed E-state index contributed by atoms with van der Waals surface area (Å²) in [5, 5.41) is 0. The van der Waals surface area contributed by atoms with Gasteiger partial charge in [0.2, 0.25) is 5.91 Å².